The molecule has 8 aromatic rings. The molecule has 0 spiro atoms. The Labute approximate surface area is 709 Å². The van der Waals surface area contributed by atoms with Gasteiger partial charge in [-0.2, -0.15) is 0 Å². The van der Waals surface area contributed by atoms with Crippen molar-refractivity contribution in [1.29, 1.82) is 0 Å². The van der Waals surface area contributed by atoms with Crippen molar-refractivity contribution in [2.75, 3.05) is 186 Å². The molecule has 9 N–H and O–H groups in total. The molecule has 121 heavy (non-hydrogen) atoms. The fraction of sp³-hybridized carbons (Fsp3) is 0.512. The number of halogens is 1. The highest BCUT2D eigenvalue weighted by atomic mass is 35.5. The van der Waals surface area contributed by atoms with Gasteiger partial charge in [0.2, 0.25) is 35.3 Å². The summed E-state index contributed by atoms with van der Waals surface area (Å²) in [6, 6.07) is 10.3. The minimum atomic E-state index is -0.637. The maximum Gasteiger partial charge on any atom is 0.291 e. The number of imidazole rings is 3. The molecule has 41 heteroatoms. The number of anilines is 4. The Morgan fingerprint density at radius 1 is 0.488 bits per heavy atom. The van der Waals surface area contributed by atoms with E-state index in [9.17, 15) is 43.2 Å². The number of aliphatic imine (C=N–C) groups is 1. The summed E-state index contributed by atoms with van der Waals surface area (Å²) in [5.74, 6) is -2.18. The minimum Gasteiger partial charge on any atom is -0.378 e. The molecule has 0 unspecified atom stereocenters. The van der Waals surface area contributed by atoms with Crippen LogP contribution < -0.4 is 47.9 Å². The average molecular weight is 1710 g/mol. The molecule has 0 aliphatic carbocycles. The van der Waals surface area contributed by atoms with E-state index in [0.717, 1.165) is 105 Å². The molecule has 39 nitrogen and oxygen atoms in total. The van der Waals surface area contributed by atoms with Gasteiger partial charge in [0.1, 0.15) is 28.3 Å². The zero-order valence-electron chi connectivity index (χ0n) is 69.6. The molecule has 1 atom stereocenters. The van der Waals surface area contributed by atoms with Crippen molar-refractivity contribution in [3.8, 4) is 5.00 Å². The van der Waals surface area contributed by atoms with E-state index in [-0.39, 0.29) is 123 Å². The lowest BCUT2D eigenvalue weighted by Gasteiger charge is -2.37. The Morgan fingerprint density at radius 2 is 0.967 bits per heavy atom. The fourth-order valence-corrected chi connectivity index (χ4v) is 15.2. The van der Waals surface area contributed by atoms with Gasteiger partial charge >= 0.3 is 0 Å². The van der Waals surface area contributed by atoms with Crippen LogP contribution in [0.1, 0.15) is 131 Å². The molecule has 3 aliphatic rings. The summed E-state index contributed by atoms with van der Waals surface area (Å²) in [4.78, 5) is 143. The van der Waals surface area contributed by atoms with Crippen molar-refractivity contribution < 1.29 is 71.6 Å². The monoisotopic (exact) mass is 1710 g/mol. The van der Waals surface area contributed by atoms with Crippen molar-refractivity contribution in [2.45, 2.75) is 71.4 Å². The van der Waals surface area contributed by atoms with Crippen LogP contribution in [0.3, 0.4) is 0 Å². The van der Waals surface area contributed by atoms with Crippen molar-refractivity contribution in [1.82, 2.24) is 93.8 Å². The zero-order chi connectivity index (χ0) is 85.9. The van der Waals surface area contributed by atoms with Gasteiger partial charge in [0.05, 0.1) is 103 Å². The fourth-order valence-electron chi connectivity index (χ4n) is 13.9. The van der Waals surface area contributed by atoms with Crippen molar-refractivity contribution in [3.05, 3.63) is 141 Å². The Morgan fingerprint density at radius 3 is 1.50 bits per heavy atom. The molecule has 9 amide bonds. The van der Waals surface area contributed by atoms with E-state index < -0.39 is 47.4 Å². The first kappa shape index (κ1) is 90.8. The van der Waals surface area contributed by atoms with E-state index in [0.29, 0.717) is 89.2 Å². The number of hydrogen-bond donors (Lipinski definition) is 9. The number of carbonyl (C=O) groups excluding carboxylic acids is 9. The van der Waals surface area contributed by atoms with E-state index in [4.69, 9.17) is 45.0 Å². The Kier molecular flexibility index (Phi) is 33.9. The lowest BCUT2D eigenvalue weighted by atomic mass is 9.99. The van der Waals surface area contributed by atoms with Crippen molar-refractivity contribution in [2.24, 2.45) is 40.2 Å². The van der Waals surface area contributed by atoms with E-state index in [1.165, 1.54) is 60.1 Å². The number of fused-ring (bicyclic) bond motifs is 3. The van der Waals surface area contributed by atoms with Crippen molar-refractivity contribution in [3.63, 3.8) is 0 Å². The molecule has 11 rings (SSSR count). The predicted octanol–water partition coefficient (Wildman–Crippen LogP) is 3.32. The second kappa shape index (κ2) is 45.1. The largest absolute Gasteiger partial charge is 0.378 e. The van der Waals surface area contributed by atoms with Gasteiger partial charge < -0.3 is 104 Å². The maximum atomic E-state index is 13.8. The third-order valence-corrected chi connectivity index (χ3v) is 21.9. The van der Waals surface area contributed by atoms with Gasteiger partial charge in [-0.3, -0.25) is 62.5 Å². The number of benzene rings is 1. The first-order chi connectivity index (χ1) is 58.4. The number of carbonyl (C=O) groups is 9. The molecular formula is C80H109ClN24O15S. The van der Waals surface area contributed by atoms with Gasteiger partial charge in [0, 0.05) is 204 Å². The van der Waals surface area contributed by atoms with Gasteiger partial charge in [-0.05, 0) is 63.4 Å². The number of hydrogen-bond acceptors (Lipinski definition) is 25. The van der Waals surface area contributed by atoms with Crippen LogP contribution in [-0.4, -0.2) is 297 Å². The van der Waals surface area contributed by atoms with Crippen LogP contribution in [0.25, 0.3) is 5.00 Å². The number of rotatable bonds is 46. The van der Waals surface area contributed by atoms with Gasteiger partial charge in [0.25, 0.3) is 29.5 Å². The van der Waals surface area contributed by atoms with Crippen molar-refractivity contribution >= 4 is 105 Å². The molecule has 10 heterocycles. The van der Waals surface area contributed by atoms with Crippen LogP contribution in [0.5, 0.6) is 0 Å². The van der Waals surface area contributed by atoms with Crippen LogP contribution >= 0.6 is 22.9 Å². The summed E-state index contributed by atoms with van der Waals surface area (Å²) in [5.41, 5.74) is 5.06. The molecule has 1 aromatic carbocycles. The third-order valence-electron chi connectivity index (χ3n) is 20.5. The van der Waals surface area contributed by atoms with Crippen LogP contribution in [0.15, 0.2) is 78.6 Å². The second-order valence-corrected chi connectivity index (χ2v) is 31.1. The molecule has 2 fully saturated rings. The van der Waals surface area contributed by atoms with Gasteiger partial charge in [0.15, 0.2) is 23.3 Å². The van der Waals surface area contributed by atoms with Crippen LogP contribution in [0.2, 0.25) is 5.02 Å². The topological polar surface area (TPSA) is 433 Å². The molecule has 652 valence electrons. The maximum absolute atomic E-state index is 13.8. The lowest BCUT2D eigenvalue weighted by molar-refractivity contribution is -0.123. The summed E-state index contributed by atoms with van der Waals surface area (Å²) in [7, 11) is 8.06. The van der Waals surface area contributed by atoms with Gasteiger partial charge in [-0.1, -0.05) is 23.7 Å². The SMILES string of the molecule is Cc1sc2c(c1C)C(c1ccc(Cl)cc1)=N[C@@H](CC(=O)NC1CCN(CCN3CCN(CCOCCOCCOCCOCCOCCOCCNC(=O)CCNC(=O)c4nc(NC(=O)CCNC(=O)c5cc(NC(=O)c6nc(NC(=O)CCNC(=O)c7cc(NC(=O)c8nccn8C)cn7C)cn6C)cn5C)cn4C)CC3)CC1)c1nnc(C)n1-2. The zero-order valence-corrected chi connectivity index (χ0v) is 71.2. The number of piperidine rings is 1. The second-order valence-electron chi connectivity index (χ2n) is 29.5. The Balaban J connectivity index is 0.438. The van der Waals surface area contributed by atoms with Gasteiger partial charge in [-0.15, -0.1) is 21.5 Å². The highest BCUT2D eigenvalue weighted by Gasteiger charge is 2.34. The molecule has 0 radical (unpaired) electrons. The number of aromatic nitrogens is 11. The summed E-state index contributed by atoms with van der Waals surface area (Å²) in [6.07, 6.45) is 10.8. The standard InChI is InChI=1S/C80H109ClN24O15S/c1-52-53(2)121-80-69(52)70(55-9-11-56(81)12-10-55)90-60(71-96-95-54(3)105(71)80)47-68(109)87-57-16-23-102(24-17-57)26-27-103-28-30-104(31-29-103)32-34-116-36-38-118-40-42-120-44-43-119-41-39-117-37-35-115-33-22-82-65(106)13-18-86-77(112)73-93-63(50-100(73)7)91-66(107)14-19-85-76(111)62-46-59(49-99(62)6)89-79(114)74-94-64(51-101(74)8)92-67(108)15-20-84-75(110)61-45-58(48-98(61)5)88-78(113)72-83-21-25-97(72)4/h9-12,21,25,45-46,48-51,57,60H,13-20,22-24,26-44,47H2,1-8H3,(H,82,106)(H,84,110)(H,85,111)(H,86,112)(H,87,109)(H,88,113)(H,89,114)(H,91,107)(H,92,108)/t60-/m0/s1. The predicted molar refractivity (Wildman–Crippen MR) is 451 cm³/mol. The van der Waals surface area contributed by atoms with Crippen LogP contribution in [-0.2, 0) is 82.8 Å². The normalized spacial score (nSPS) is 14.5. The lowest BCUT2D eigenvalue weighted by Crippen LogP contribution is -2.50. The van der Waals surface area contributed by atoms with Crippen LogP contribution in [0, 0.1) is 20.8 Å². The van der Waals surface area contributed by atoms with Gasteiger partial charge in [-0.25, -0.2) is 15.0 Å². The number of nitrogens with one attached hydrogen (secondary N) is 9. The number of likely N-dealkylation sites (tertiary alicyclic amines) is 1. The molecule has 7 aromatic heterocycles. The number of ether oxygens (including phenoxy) is 6. The average Bonchev–Trinajstić information content (AvgIpc) is 1.59. The number of nitrogens with zero attached hydrogens (tertiary/aromatic N) is 15. The highest BCUT2D eigenvalue weighted by Crippen LogP contribution is 2.40. The summed E-state index contributed by atoms with van der Waals surface area (Å²) in [6.45, 7) is 20.5. The molecular weight excluding hydrogens is 1600 g/mol. The molecule has 0 saturated carbocycles. The summed E-state index contributed by atoms with van der Waals surface area (Å²) < 4.78 is 43.4. The van der Waals surface area contributed by atoms with E-state index >= 15 is 0 Å². The summed E-state index contributed by atoms with van der Waals surface area (Å²) >= 11 is 8.00. The van der Waals surface area contributed by atoms with E-state index in [1.54, 1.807) is 63.5 Å². The summed E-state index contributed by atoms with van der Waals surface area (Å²) in [5, 5.41) is 35.4. The van der Waals surface area contributed by atoms with E-state index in [1.807, 2.05) is 31.2 Å². The molecule has 3 aliphatic heterocycles. The number of thiophene rings is 1. The first-order valence-corrected chi connectivity index (χ1v) is 41.6. The number of amides is 9. The third kappa shape index (κ3) is 26.5. The minimum absolute atomic E-state index is 0.00141. The number of aryl methyl sites for hydroxylation is 7. The highest BCUT2D eigenvalue weighted by molar-refractivity contribution is 7.15. The number of piperazine rings is 1. The molecule has 0 bridgehead atoms. The van der Waals surface area contributed by atoms with E-state index in [2.05, 4.69) is 106 Å². The smallest absolute Gasteiger partial charge is 0.291 e. The Hall–Kier alpha value is -10.9. The first-order valence-electron chi connectivity index (χ1n) is 40.4. The molecule has 2 saturated heterocycles. The quantitative estimate of drug-likeness (QED) is 0.0247. The Bertz CT molecular complexity index is 4890. The van der Waals surface area contributed by atoms with Crippen LogP contribution in [0.4, 0.5) is 23.0 Å².